The van der Waals surface area contributed by atoms with Gasteiger partial charge in [-0.05, 0) is 48.9 Å². The minimum absolute atomic E-state index is 0.129. The predicted octanol–water partition coefficient (Wildman–Crippen LogP) is 3.70. The average molecular weight is 445 g/mol. The minimum Gasteiger partial charge on any atom is -0.462 e. The van der Waals surface area contributed by atoms with E-state index in [2.05, 4.69) is 15.7 Å². The van der Waals surface area contributed by atoms with Crippen LogP contribution in [0.15, 0.2) is 77.7 Å². The summed E-state index contributed by atoms with van der Waals surface area (Å²) in [6.45, 7) is 2.29. The Hall–Kier alpha value is -4.40. The predicted molar refractivity (Wildman–Crippen MR) is 125 cm³/mol. The molecule has 4 aromatic rings. The molecule has 0 atom stereocenters. The fourth-order valence-corrected chi connectivity index (χ4v) is 3.27. The smallest absolute Gasteiger partial charge is 0.350 e. The summed E-state index contributed by atoms with van der Waals surface area (Å²) in [5.74, 6) is -0.510. The second-order valence-electron chi connectivity index (χ2n) is 7.40. The number of hydrogen-bond acceptors (Lipinski definition) is 5. The van der Waals surface area contributed by atoms with Gasteiger partial charge in [0.2, 0.25) is 0 Å². The Kier molecular flexibility index (Phi) is 6.49. The number of aromatic nitrogens is 3. The van der Waals surface area contributed by atoms with Crippen LogP contribution in [-0.2, 0) is 11.3 Å². The van der Waals surface area contributed by atoms with Crippen molar-refractivity contribution in [2.45, 2.75) is 19.9 Å². The minimum atomic E-state index is -0.510. The molecule has 9 nitrogen and oxygen atoms in total. The summed E-state index contributed by atoms with van der Waals surface area (Å²) in [4.78, 5) is 37.0. The van der Waals surface area contributed by atoms with Crippen LogP contribution in [0.25, 0.3) is 5.65 Å². The quantitative estimate of drug-likeness (QED) is 0.333. The first-order valence-electron chi connectivity index (χ1n) is 10.5. The standard InChI is InChI=1S/C24H23N5O4/c1-17-11-12-18(16-20(17)26-23(31)25-19-8-3-2-4-9-19)22(30)33-15-7-14-29-24(32)28-13-6-5-10-21(28)27-29/h2-6,8-13,16H,7,14-15H2,1H3,(H2,25,26,31). The van der Waals surface area contributed by atoms with Gasteiger partial charge in [0.15, 0.2) is 5.65 Å². The van der Waals surface area contributed by atoms with E-state index in [1.165, 1.54) is 9.08 Å². The van der Waals surface area contributed by atoms with Crippen LogP contribution in [0.3, 0.4) is 0 Å². The highest BCUT2D eigenvalue weighted by Crippen LogP contribution is 2.18. The third kappa shape index (κ3) is 5.27. The first-order valence-corrected chi connectivity index (χ1v) is 10.5. The topological polar surface area (TPSA) is 107 Å². The third-order valence-corrected chi connectivity index (χ3v) is 4.99. The molecule has 0 saturated carbocycles. The number of esters is 1. The molecule has 4 rings (SSSR count). The number of urea groups is 1. The SMILES string of the molecule is Cc1ccc(C(=O)OCCCn2nc3ccccn3c2=O)cc1NC(=O)Nc1ccccc1. The molecular formula is C24H23N5O4. The molecule has 0 aliphatic carbocycles. The molecule has 0 fully saturated rings. The number of hydrogen-bond donors (Lipinski definition) is 2. The van der Waals surface area contributed by atoms with Crippen molar-refractivity contribution in [1.82, 2.24) is 14.2 Å². The van der Waals surface area contributed by atoms with Crippen LogP contribution >= 0.6 is 0 Å². The Morgan fingerprint density at radius 2 is 1.79 bits per heavy atom. The van der Waals surface area contributed by atoms with E-state index in [0.29, 0.717) is 35.6 Å². The van der Waals surface area contributed by atoms with Gasteiger partial charge in [0.05, 0.1) is 12.2 Å². The Labute approximate surface area is 189 Å². The first kappa shape index (κ1) is 21.8. The maximum absolute atomic E-state index is 12.5. The van der Waals surface area contributed by atoms with Crippen LogP contribution in [0.1, 0.15) is 22.3 Å². The summed E-state index contributed by atoms with van der Waals surface area (Å²) in [7, 11) is 0. The lowest BCUT2D eigenvalue weighted by Gasteiger charge is -2.12. The fourth-order valence-electron chi connectivity index (χ4n) is 3.27. The van der Waals surface area contributed by atoms with Crippen LogP contribution in [-0.4, -0.2) is 32.8 Å². The number of anilines is 2. The zero-order valence-corrected chi connectivity index (χ0v) is 18.0. The summed E-state index contributed by atoms with van der Waals surface area (Å²) in [6.07, 6.45) is 2.09. The van der Waals surface area contributed by atoms with Crippen molar-refractivity contribution >= 4 is 29.0 Å². The number of pyridine rings is 1. The lowest BCUT2D eigenvalue weighted by Crippen LogP contribution is -2.22. The number of aryl methyl sites for hydroxylation is 2. The van der Waals surface area contributed by atoms with Gasteiger partial charge in [0.1, 0.15) is 0 Å². The Bertz CT molecular complexity index is 1340. The maximum Gasteiger partial charge on any atom is 0.350 e. The van der Waals surface area contributed by atoms with Crippen LogP contribution in [0.5, 0.6) is 0 Å². The number of nitrogens with zero attached hydrogens (tertiary/aromatic N) is 3. The highest BCUT2D eigenvalue weighted by atomic mass is 16.5. The van der Waals surface area contributed by atoms with Gasteiger partial charge in [0.25, 0.3) is 0 Å². The molecule has 33 heavy (non-hydrogen) atoms. The van der Waals surface area contributed by atoms with E-state index in [4.69, 9.17) is 4.74 Å². The molecule has 168 valence electrons. The van der Waals surface area contributed by atoms with Crippen LogP contribution < -0.4 is 16.3 Å². The number of ether oxygens (including phenoxy) is 1. The zero-order chi connectivity index (χ0) is 23.2. The van der Waals surface area contributed by atoms with E-state index >= 15 is 0 Å². The van der Waals surface area contributed by atoms with E-state index in [0.717, 1.165) is 5.56 Å². The zero-order valence-electron chi connectivity index (χ0n) is 18.0. The number of fused-ring (bicyclic) bond motifs is 1. The monoisotopic (exact) mass is 445 g/mol. The number of carbonyl (C=O) groups is 2. The van der Waals surface area contributed by atoms with Crippen LogP contribution in [0.4, 0.5) is 16.2 Å². The van der Waals surface area contributed by atoms with Gasteiger partial charge in [-0.3, -0.25) is 4.40 Å². The van der Waals surface area contributed by atoms with Crippen molar-refractivity contribution in [3.05, 3.63) is 94.5 Å². The molecule has 0 unspecified atom stereocenters. The molecule has 2 aromatic heterocycles. The summed E-state index contributed by atoms with van der Waals surface area (Å²) in [6, 6.07) is 18.9. The van der Waals surface area contributed by atoms with E-state index in [1.807, 2.05) is 31.2 Å². The van der Waals surface area contributed by atoms with Crippen molar-refractivity contribution in [3.63, 3.8) is 0 Å². The van der Waals surface area contributed by atoms with E-state index in [1.54, 1.807) is 48.7 Å². The molecule has 2 heterocycles. The molecule has 2 amide bonds. The van der Waals surface area contributed by atoms with Gasteiger partial charge >= 0.3 is 17.7 Å². The van der Waals surface area contributed by atoms with Crippen molar-refractivity contribution in [2.24, 2.45) is 0 Å². The van der Waals surface area contributed by atoms with Gasteiger partial charge in [-0.25, -0.2) is 19.1 Å². The average Bonchev–Trinajstić information content (AvgIpc) is 3.14. The highest BCUT2D eigenvalue weighted by Gasteiger charge is 2.12. The molecule has 0 radical (unpaired) electrons. The second-order valence-corrected chi connectivity index (χ2v) is 7.40. The first-order chi connectivity index (χ1) is 16.0. The summed E-state index contributed by atoms with van der Waals surface area (Å²) in [5, 5.41) is 9.74. The van der Waals surface area contributed by atoms with E-state index in [-0.39, 0.29) is 12.3 Å². The van der Waals surface area contributed by atoms with Gasteiger partial charge in [-0.2, -0.15) is 0 Å². The molecule has 0 saturated heterocycles. The molecule has 0 bridgehead atoms. The fraction of sp³-hybridized carbons (Fsp3) is 0.167. The molecule has 0 spiro atoms. The van der Waals surface area contributed by atoms with Gasteiger partial charge in [-0.15, -0.1) is 5.10 Å². The Morgan fingerprint density at radius 1 is 1.00 bits per heavy atom. The molecule has 0 aliphatic heterocycles. The number of benzene rings is 2. The summed E-state index contributed by atoms with van der Waals surface area (Å²) >= 11 is 0. The largest absolute Gasteiger partial charge is 0.462 e. The van der Waals surface area contributed by atoms with E-state index in [9.17, 15) is 14.4 Å². The second kappa shape index (κ2) is 9.82. The van der Waals surface area contributed by atoms with Crippen LogP contribution in [0, 0.1) is 6.92 Å². The lowest BCUT2D eigenvalue weighted by molar-refractivity contribution is 0.0494. The van der Waals surface area contributed by atoms with Gasteiger partial charge in [0, 0.05) is 30.5 Å². The van der Waals surface area contributed by atoms with Crippen molar-refractivity contribution in [1.29, 1.82) is 0 Å². The summed E-state index contributed by atoms with van der Waals surface area (Å²) < 4.78 is 8.15. The molecular weight excluding hydrogens is 422 g/mol. The molecule has 2 N–H and O–H groups in total. The molecule has 0 aliphatic rings. The van der Waals surface area contributed by atoms with Crippen LogP contribution in [0.2, 0.25) is 0 Å². The Morgan fingerprint density at radius 3 is 2.58 bits per heavy atom. The van der Waals surface area contributed by atoms with Crippen molar-refractivity contribution < 1.29 is 14.3 Å². The number of rotatable bonds is 7. The third-order valence-electron chi connectivity index (χ3n) is 4.99. The number of nitrogens with one attached hydrogen (secondary N) is 2. The lowest BCUT2D eigenvalue weighted by atomic mass is 10.1. The van der Waals surface area contributed by atoms with E-state index < -0.39 is 12.0 Å². The normalized spacial score (nSPS) is 10.7. The van der Waals surface area contributed by atoms with Crippen molar-refractivity contribution in [2.75, 3.05) is 17.2 Å². The maximum atomic E-state index is 12.5. The van der Waals surface area contributed by atoms with Crippen molar-refractivity contribution in [3.8, 4) is 0 Å². The molecule has 2 aromatic carbocycles. The highest BCUT2D eigenvalue weighted by molar-refractivity contribution is 6.01. The summed E-state index contributed by atoms with van der Waals surface area (Å²) in [5.41, 5.74) is 2.62. The number of para-hydroxylation sites is 1. The number of carbonyl (C=O) groups excluding carboxylic acids is 2. The molecule has 9 heteroatoms. The van der Waals surface area contributed by atoms with Gasteiger partial charge in [-0.1, -0.05) is 30.3 Å². The number of amides is 2. The van der Waals surface area contributed by atoms with Gasteiger partial charge < -0.3 is 15.4 Å². The Balaban J connectivity index is 1.32.